The van der Waals surface area contributed by atoms with Crippen LogP contribution in [0.25, 0.3) is 0 Å². The summed E-state index contributed by atoms with van der Waals surface area (Å²) >= 11 is 0. The molecule has 0 aromatic heterocycles. The fourth-order valence-corrected chi connectivity index (χ4v) is 0.841. The van der Waals surface area contributed by atoms with Crippen molar-refractivity contribution in [3.63, 3.8) is 0 Å². The van der Waals surface area contributed by atoms with Gasteiger partial charge >= 0.3 is 0 Å². The van der Waals surface area contributed by atoms with E-state index in [0.717, 1.165) is 11.1 Å². The molecule has 0 aromatic carbocycles. The van der Waals surface area contributed by atoms with Gasteiger partial charge in [-0.05, 0) is 18.1 Å². The van der Waals surface area contributed by atoms with Crippen molar-refractivity contribution in [1.29, 1.82) is 0 Å². The second-order valence-electron chi connectivity index (χ2n) is 2.46. The molecule has 68 valence electrons. The Labute approximate surface area is 81.0 Å². The summed E-state index contributed by atoms with van der Waals surface area (Å²) in [5, 5.41) is 0. The Morgan fingerprint density at radius 2 is 1.54 bits per heavy atom. The maximum atomic E-state index is 3.93. The minimum atomic E-state index is 0.973. The zero-order valence-electron chi connectivity index (χ0n) is 8.16. The third-order valence-corrected chi connectivity index (χ3v) is 1.53. The van der Waals surface area contributed by atoms with Crippen LogP contribution in [0.2, 0.25) is 0 Å². The second-order valence-corrected chi connectivity index (χ2v) is 2.46. The van der Waals surface area contributed by atoms with Crippen molar-refractivity contribution >= 4 is 0 Å². The molecule has 0 amide bonds. The molecule has 0 nitrogen and oxygen atoms in total. The van der Waals surface area contributed by atoms with E-state index in [1.165, 1.54) is 0 Å². The Kier molecular flexibility index (Phi) is 6.26. The average molecular weight is 172 g/mol. The summed E-state index contributed by atoms with van der Waals surface area (Å²) in [4.78, 5) is 0. The lowest BCUT2D eigenvalue weighted by molar-refractivity contribution is 1.52. The lowest BCUT2D eigenvalue weighted by atomic mass is 10.1. The van der Waals surface area contributed by atoms with Crippen LogP contribution in [0.3, 0.4) is 0 Å². The van der Waals surface area contributed by atoms with Gasteiger partial charge < -0.3 is 0 Å². The van der Waals surface area contributed by atoms with Crippen molar-refractivity contribution in [1.82, 2.24) is 0 Å². The fourth-order valence-electron chi connectivity index (χ4n) is 0.841. The first-order chi connectivity index (χ1) is 6.26. The molecule has 13 heavy (non-hydrogen) atoms. The van der Waals surface area contributed by atoms with Gasteiger partial charge in [0.15, 0.2) is 0 Å². The molecule has 0 radical (unpaired) electrons. The first-order valence-corrected chi connectivity index (χ1v) is 4.20. The maximum Gasteiger partial charge on any atom is -0.0233 e. The summed E-state index contributed by atoms with van der Waals surface area (Å²) in [7, 11) is 0. The van der Waals surface area contributed by atoms with Crippen molar-refractivity contribution < 1.29 is 0 Å². The lowest BCUT2D eigenvalue weighted by Gasteiger charge is -1.98. The quantitative estimate of drug-likeness (QED) is 0.550. The van der Waals surface area contributed by atoms with Crippen LogP contribution >= 0.6 is 0 Å². The van der Waals surface area contributed by atoms with Gasteiger partial charge in [-0.3, -0.25) is 0 Å². The Hall–Kier alpha value is -1.56. The van der Waals surface area contributed by atoms with Crippen LogP contribution < -0.4 is 0 Å². The van der Waals surface area contributed by atoms with Crippen molar-refractivity contribution in [2.45, 2.75) is 6.92 Å². The predicted molar refractivity (Wildman–Crippen MR) is 61.6 cm³/mol. The zero-order valence-corrected chi connectivity index (χ0v) is 8.16. The predicted octanol–water partition coefficient (Wildman–Crippen LogP) is 3.97. The normalized spacial score (nSPS) is 12.2. The smallest absolute Gasteiger partial charge is 0.0233 e. The van der Waals surface area contributed by atoms with E-state index in [9.17, 15) is 0 Å². The molecule has 0 fully saturated rings. The van der Waals surface area contributed by atoms with Gasteiger partial charge in [0, 0.05) is 0 Å². The highest BCUT2D eigenvalue weighted by Gasteiger charge is 1.91. The second kappa shape index (κ2) is 7.11. The number of allylic oxidation sites excluding steroid dienone is 9. The zero-order chi connectivity index (χ0) is 10.1. The molecule has 0 spiro atoms. The fraction of sp³-hybridized carbons (Fsp3) is 0.0769. The summed E-state index contributed by atoms with van der Waals surface area (Å²) in [6.07, 6.45) is 13.1. The SMILES string of the molecule is C=C/C=C\C(=C)C(/C=C\C=C)=C/C. The molecule has 0 rings (SSSR count). The van der Waals surface area contributed by atoms with Crippen LogP contribution in [-0.2, 0) is 0 Å². The largest absolute Gasteiger partial charge is 0.0991 e. The average Bonchev–Trinajstić information content (AvgIpc) is 2.16. The molecule has 0 aromatic rings. The van der Waals surface area contributed by atoms with Crippen molar-refractivity contribution in [2.75, 3.05) is 0 Å². The Bertz CT molecular complexity index is 272. The summed E-state index contributed by atoms with van der Waals surface area (Å²) in [5.41, 5.74) is 2.07. The molecule has 0 heteroatoms. The molecule has 0 bridgehead atoms. The van der Waals surface area contributed by atoms with E-state index in [-0.39, 0.29) is 0 Å². The minimum Gasteiger partial charge on any atom is -0.0991 e. The first kappa shape index (κ1) is 11.4. The highest BCUT2D eigenvalue weighted by molar-refractivity contribution is 5.45. The minimum absolute atomic E-state index is 0.973. The van der Waals surface area contributed by atoms with Crippen molar-refractivity contribution in [2.24, 2.45) is 0 Å². The van der Waals surface area contributed by atoms with Gasteiger partial charge in [0.05, 0.1) is 0 Å². The van der Waals surface area contributed by atoms with Gasteiger partial charge in [-0.1, -0.05) is 62.3 Å². The molecule has 0 aliphatic heterocycles. The lowest BCUT2D eigenvalue weighted by Crippen LogP contribution is -1.79. The van der Waals surface area contributed by atoms with Gasteiger partial charge in [0.2, 0.25) is 0 Å². The summed E-state index contributed by atoms with van der Waals surface area (Å²) in [6, 6.07) is 0. The van der Waals surface area contributed by atoms with Gasteiger partial charge in [0.1, 0.15) is 0 Å². The topological polar surface area (TPSA) is 0 Å². The molecule has 0 saturated heterocycles. The number of hydrogen-bond acceptors (Lipinski definition) is 0. The Morgan fingerprint density at radius 1 is 1.00 bits per heavy atom. The van der Waals surface area contributed by atoms with Crippen LogP contribution in [-0.4, -0.2) is 0 Å². The molecule has 0 atom stereocenters. The van der Waals surface area contributed by atoms with Crippen LogP contribution in [0.5, 0.6) is 0 Å². The first-order valence-electron chi connectivity index (χ1n) is 4.20. The van der Waals surface area contributed by atoms with Crippen LogP contribution in [0.1, 0.15) is 6.92 Å². The van der Waals surface area contributed by atoms with Crippen molar-refractivity contribution in [3.8, 4) is 0 Å². The molecule has 0 saturated carbocycles. The van der Waals surface area contributed by atoms with Crippen LogP contribution in [0.15, 0.2) is 73.4 Å². The van der Waals surface area contributed by atoms with Crippen LogP contribution in [0.4, 0.5) is 0 Å². The molecule has 0 aliphatic rings. The van der Waals surface area contributed by atoms with E-state index in [1.54, 1.807) is 12.2 Å². The number of hydrogen-bond donors (Lipinski definition) is 0. The van der Waals surface area contributed by atoms with E-state index in [2.05, 4.69) is 19.7 Å². The maximum absolute atomic E-state index is 3.93. The number of rotatable bonds is 5. The van der Waals surface area contributed by atoms with Gasteiger partial charge in [-0.2, -0.15) is 0 Å². The van der Waals surface area contributed by atoms with Gasteiger partial charge in [-0.15, -0.1) is 0 Å². The van der Waals surface area contributed by atoms with Gasteiger partial charge in [-0.25, -0.2) is 0 Å². The molecule has 0 aliphatic carbocycles. The summed E-state index contributed by atoms with van der Waals surface area (Å²) in [5.74, 6) is 0. The third kappa shape index (κ3) is 4.81. The standard InChI is InChI=1S/C13H16/c1-5-8-10-12(4)13(7-3)11-9-6-2/h5-11H,1-2,4H2,3H3/b10-8-,11-9-,13-7+. The monoisotopic (exact) mass is 172 g/mol. The Balaban J connectivity index is 4.51. The molecule has 0 heterocycles. The molecular weight excluding hydrogens is 156 g/mol. The van der Waals surface area contributed by atoms with E-state index >= 15 is 0 Å². The summed E-state index contributed by atoms with van der Waals surface area (Å²) < 4.78 is 0. The van der Waals surface area contributed by atoms with Gasteiger partial charge in [0.25, 0.3) is 0 Å². The van der Waals surface area contributed by atoms with E-state index < -0.39 is 0 Å². The van der Waals surface area contributed by atoms with Crippen molar-refractivity contribution in [3.05, 3.63) is 73.4 Å². The summed E-state index contributed by atoms with van der Waals surface area (Å²) in [6.45, 7) is 13.1. The third-order valence-electron chi connectivity index (χ3n) is 1.53. The van der Waals surface area contributed by atoms with E-state index in [4.69, 9.17) is 0 Å². The van der Waals surface area contributed by atoms with Crippen LogP contribution in [0, 0.1) is 0 Å². The Morgan fingerprint density at radius 3 is 2.00 bits per heavy atom. The molecular formula is C13H16. The highest BCUT2D eigenvalue weighted by Crippen LogP contribution is 2.10. The molecule has 0 unspecified atom stereocenters. The van der Waals surface area contributed by atoms with E-state index in [0.29, 0.717) is 0 Å². The highest BCUT2D eigenvalue weighted by atomic mass is 14.0. The molecule has 0 N–H and O–H groups in total. The van der Waals surface area contributed by atoms with E-state index in [1.807, 2.05) is 37.3 Å².